The van der Waals surface area contributed by atoms with Crippen LogP contribution in [0.4, 0.5) is 0 Å². The first-order valence-corrected chi connectivity index (χ1v) is 25.6. The normalized spacial score (nSPS) is 14.4. The van der Waals surface area contributed by atoms with Crippen molar-refractivity contribution in [3.8, 4) is 67.0 Å². The van der Waals surface area contributed by atoms with Crippen molar-refractivity contribution in [3.05, 3.63) is 235 Å². The first-order chi connectivity index (χ1) is 34.5. The summed E-state index contributed by atoms with van der Waals surface area (Å²) in [6, 6.07) is 75.1. The van der Waals surface area contributed by atoms with Crippen LogP contribution in [0.1, 0.15) is 69.6 Å². The third-order valence-corrected chi connectivity index (χ3v) is 15.1. The van der Waals surface area contributed by atoms with E-state index in [4.69, 9.17) is 0 Å². The molecule has 1 unspecified atom stereocenters. The quantitative estimate of drug-likeness (QED) is 0.0961. The van der Waals surface area contributed by atoms with Gasteiger partial charge in [-0.3, -0.25) is 0 Å². The van der Waals surface area contributed by atoms with Crippen LogP contribution in [-0.2, 0) is 18.4 Å². The number of fused-ring (bicyclic) bond motifs is 2. The molecular weight excluding hydrogens is 845 g/mol. The minimum absolute atomic E-state index is 0.247. The molecule has 2 heterocycles. The maximum Gasteiger partial charge on any atom is 0.256 e. The van der Waals surface area contributed by atoms with E-state index >= 15 is 0 Å². The van der Waals surface area contributed by atoms with E-state index in [0.717, 1.165) is 32.1 Å². The Kier molecular flexibility index (Phi) is 12.4. The molecule has 2 aromatic heterocycles. The fraction of sp³-hybridized carbons (Fsp3) is 0.176. The first kappa shape index (κ1) is 44.8. The molecule has 0 aliphatic heterocycles. The zero-order chi connectivity index (χ0) is 47.6. The third-order valence-electron chi connectivity index (χ3n) is 15.1. The van der Waals surface area contributed by atoms with Gasteiger partial charge in [-0.1, -0.05) is 167 Å². The number of hydrogen-bond acceptors (Lipinski definition) is 0. The lowest BCUT2D eigenvalue weighted by Gasteiger charge is -2.33. The Balaban J connectivity index is 1.02. The van der Waals surface area contributed by atoms with Gasteiger partial charge in [0.2, 0.25) is 11.4 Å². The van der Waals surface area contributed by atoms with Gasteiger partial charge in [0.1, 0.15) is 0 Å². The molecule has 0 saturated heterocycles. The van der Waals surface area contributed by atoms with E-state index in [-0.39, 0.29) is 5.54 Å². The van der Waals surface area contributed by atoms with Gasteiger partial charge in [0, 0.05) is 36.6 Å². The Bertz CT molecular complexity index is 3590. The molecule has 70 heavy (non-hydrogen) atoms. The number of aryl methyl sites for hydroxylation is 3. The van der Waals surface area contributed by atoms with Crippen molar-refractivity contribution >= 4 is 27.2 Å². The first-order valence-electron chi connectivity index (χ1n) is 25.6. The topological polar surface area (TPSA) is 7.76 Å². The molecule has 2 nitrogen and oxygen atoms in total. The molecule has 0 saturated carbocycles. The molecule has 342 valence electrons. The average Bonchev–Trinajstić information content (AvgIpc) is 3.40. The van der Waals surface area contributed by atoms with Gasteiger partial charge in [-0.15, -0.1) is 0 Å². The number of unbranched alkanes of at least 4 members (excludes halogenated alkanes) is 1. The van der Waals surface area contributed by atoms with Crippen LogP contribution in [0.5, 0.6) is 0 Å². The van der Waals surface area contributed by atoms with Crippen molar-refractivity contribution < 1.29 is 9.13 Å². The molecule has 0 N–H and O–H groups in total. The highest BCUT2D eigenvalue weighted by Crippen LogP contribution is 2.43. The Hall–Kier alpha value is -7.68. The van der Waals surface area contributed by atoms with Crippen molar-refractivity contribution in [2.24, 2.45) is 0 Å². The minimum Gasteiger partial charge on any atom is -0.182 e. The summed E-state index contributed by atoms with van der Waals surface area (Å²) in [6.07, 6.45) is 14.6. The van der Waals surface area contributed by atoms with Crippen LogP contribution >= 0.6 is 0 Å². The summed E-state index contributed by atoms with van der Waals surface area (Å²) < 4.78 is 5.11. The van der Waals surface area contributed by atoms with Gasteiger partial charge >= 0.3 is 0 Å². The fourth-order valence-electron chi connectivity index (χ4n) is 11.3. The summed E-state index contributed by atoms with van der Waals surface area (Å²) >= 11 is 0. The summed E-state index contributed by atoms with van der Waals surface area (Å²) in [5.74, 6) is 0. The lowest BCUT2D eigenvalue weighted by atomic mass is 9.76. The van der Waals surface area contributed by atoms with Crippen LogP contribution in [0.3, 0.4) is 0 Å². The van der Waals surface area contributed by atoms with Crippen LogP contribution < -0.4 is 9.13 Å². The molecule has 1 aliphatic carbocycles. The van der Waals surface area contributed by atoms with Crippen molar-refractivity contribution in [3.63, 3.8) is 0 Å². The average molecular weight is 907 g/mol. The molecule has 1 atom stereocenters. The molecule has 0 bridgehead atoms. The zero-order valence-corrected chi connectivity index (χ0v) is 41.1. The van der Waals surface area contributed by atoms with E-state index in [1.54, 1.807) is 0 Å². The number of nitrogens with zero attached hydrogens (tertiary/aromatic N) is 2. The number of allylic oxidation sites excluding steroid dienone is 2. The van der Waals surface area contributed by atoms with E-state index in [1.807, 2.05) is 0 Å². The molecule has 10 aromatic rings. The van der Waals surface area contributed by atoms with Gasteiger partial charge in [-0.05, 0) is 158 Å². The third kappa shape index (κ3) is 8.26. The van der Waals surface area contributed by atoms with E-state index in [0.29, 0.717) is 0 Å². The second-order valence-corrected chi connectivity index (χ2v) is 19.4. The predicted molar refractivity (Wildman–Crippen MR) is 295 cm³/mol. The summed E-state index contributed by atoms with van der Waals surface area (Å²) in [6.45, 7) is 9.17. The number of rotatable bonds is 14. The van der Waals surface area contributed by atoms with Crippen LogP contribution in [0.15, 0.2) is 219 Å². The van der Waals surface area contributed by atoms with Gasteiger partial charge in [-0.2, -0.15) is 9.13 Å². The molecule has 0 fully saturated rings. The largest absolute Gasteiger partial charge is 0.256 e. The molecule has 1 aliphatic rings. The molecule has 11 rings (SSSR count). The Morgan fingerprint density at radius 1 is 0.457 bits per heavy atom. The highest BCUT2D eigenvalue weighted by atomic mass is 15.2. The van der Waals surface area contributed by atoms with Crippen LogP contribution in [-0.4, -0.2) is 0 Å². The summed E-state index contributed by atoms with van der Waals surface area (Å²) in [5.41, 5.74) is 20.1. The van der Waals surface area contributed by atoms with Crippen molar-refractivity contribution in [1.82, 2.24) is 0 Å². The van der Waals surface area contributed by atoms with Gasteiger partial charge in [0.25, 0.3) is 11.2 Å². The van der Waals surface area contributed by atoms with Gasteiger partial charge in [0.15, 0.2) is 12.4 Å². The van der Waals surface area contributed by atoms with E-state index < -0.39 is 0 Å². The standard InChI is InChI=1S/C68H62N2/c1-5-8-22-49-23-17-27-53(42-49)57-44-58(46-59(45-57)62-33-19-26-51-24-10-13-31-61(51)62)55-29-18-28-54(43-55)56-36-35-50(20-6-2)64(47-56)65-34-15-16-40-70(65)68(7-3)39-37-66(68)69-41-38-52-25-11-14-32-63(52)67(69)60-30-12-9-21-48(60)4/h9-19,21,23-38,40-47H,5-8,20,22,39H2,1-4H3/q+2. The number of hydrogen-bond donors (Lipinski definition) is 0. The van der Waals surface area contributed by atoms with Gasteiger partial charge < -0.3 is 0 Å². The smallest absolute Gasteiger partial charge is 0.182 e. The molecule has 2 heteroatoms. The molecule has 8 aromatic carbocycles. The predicted octanol–water partition coefficient (Wildman–Crippen LogP) is 17.2. The lowest BCUT2D eigenvalue weighted by molar-refractivity contribution is -0.767. The zero-order valence-electron chi connectivity index (χ0n) is 41.1. The van der Waals surface area contributed by atoms with Crippen molar-refractivity contribution in [2.75, 3.05) is 0 Å². The van der Waals surface area contributed by atoms with E-state index in [1.165, 1.54) is 124 Å². The van der Waals surface area contributed by atoms with Crippen LogP contribution in [0.2, 0.25) is 0 Å². The Labute approximate surface area is 414 Å². The number of pyridine rings is 2. The second-order valence-electron chi connectivity index (χ2n) is 19.4. The van der Waals surface area contributed by atoms with Gasteiger partial charge in [0.05, 0.1) is 10.9 Å². The summed E-state index contributed by atoms with van der Waals surface area (Å²) in [5, 5.41) is 5.05. The van der Waals surface area contributed by atoms with E-state index in [2.05, 4.69) is 255 Å². The lowest BCUT2D eigenvalue weighted by Crippen LogP contribution is -2.66. The second kappa shape index (κ2) is 19.4. The number of aromatic nitrogens is 2. The Morgan fingerprint density at radius 2 is 1.09 bits per heavy atom. The monoisotopic (exact) mass is 906 g/mol. The van der Waals surface area contributed by atoms with Crippen molar-refractivity contribution in [2.45, 2.75) is 78.2 Å². The molecular formula is C68H62N2+2. The SMILES string of the molecule is CCCCc1cccc(-c2cc(-c3cccc(-c4ccc(CCC)c(-c5cccc[n+]5C5(CC)CC=C5[n+]5ccc6ccccc6c5-c5ccccc5C)c4)c3)cc(-c3cccc4ccccc34)c2)c1. The fourth-order valence-corrected chi connectivity index (χ4v) is 11.3. The number of benzene rings is 8. The van der Waals surface area contributed by atoms with Crippen LogP contribution in [0, 0.1) is 6.92 Å². The van der Waals surface area contributed by atoms with Gasteiger partial charge in [-0.25, -0.2) is 0 Å². The Morgan fingerprint density at radius 3 is 1.84 bits per heavy atom. The summed E-state index contributed by atoms with van der Waals surface area (Å²) in [7, 11) is 0. The van der Waals surface area contributed by atoms with E-state index in [9.17, 15) is 0 Å². The maximum atomic E-state index is 2.61. The molecule has 0 amide bonds. The van der Waals surface area contributed by atoms with Crippen LogP contribution in [0.25, 0.3) is 94.3 Å². The molecule has 0 spiro atoms. The molecule has 0 radical (unpaired) electrons. The maximum absolute atomic E-state index is 2.61. The summed E-state index contributed by atoms with van der Waals surface area (Å²) in [4.78, 5) is 0. The highest BCUT2D eigenvalue weighted by molar-refractivity contribution is 5.98. The van der Waals surface area contributed by atoms with Crippen molar-refractivity contribution in [1.29, 1.82) is 0 Å². The minimum atomic E-state index is -0.247. The highest BCUT2D eigenvalue weighted by Gasteiger charge is 2.56.